The van der Waals surface area contributed by atoms with Gasteiger partial charge in [-0.1, -0.05) is 11.6 Å². The van der Waals surface area contributed by atoms with Crippen molar-refractivity contribution in [1.29, 1.82) is 0 Å². The zero-order chi connectivity index (χ0) is 17.5. The van der Waals surface area contributed by atoms with Gasteiger partial charge in [0.1, 0.15) is 11.9 Å². The summed E-state index contributed by atoms with van der Waals surface area (Å²) in [5.41, 5.74) is -1.79. The van der Waals surface area contributed by atoms with Crippen LogP contribution in [0.25, 0.3) is 0 Å². The highest BCUT2D eigenvalue weighted by Crippen LogP contribution is 2.39. The van der Waals surface area contributed by atoms with E-state index in [0.29, 0.717) is 37.4 Å². The lowest BCUT2D eigenvalue weighted by Gasteiger charge is -2.49. The van der Waals surface area contributed by atoms with Crippen LogP contribution in [0.3, 0.4) is 0 Å². The lowest BCUT2D eigenvalue weighted by atomic mass is 9.76. The third-order valence-corrected chi connectivity index (χ3v) is 5.30. The molecule has 1 amide bonds. The first-order valence-corrected chi connectivity index (χ1v) is 8.39. The quantitative estimate of drug-likeness (QED) is 0.806. The zero-order valence-electron chi connectivity index (χ0n) is 13.5. The van der Waals surface area contributed by atoms with E-state index >= 15 is 0 Å². The average molecular weight is 358 g/mol. The highest BCUT2D eigenvalue weighted by molar-refractivity contribution is 6.31. The Labute approximate surface area is 145 Å². The minimum Gasteiger partial charge on any atom is -0.388 e. The van der Waals surface area contributed by atoms with Gasteiger partial charge in [-0.25, -0.2) is 4.39 Å². The fourth-order valence-corrected chi connectivity index (χ4v) is 3.70. The first-order valence-electron chi connectivity index (χ1n) is 8.01. The summed E-state index contributed by atoms with van der Waals surface area (Å²) >= 11 is 5.85. The third kappa shape index (κ3) is 3.28. The molecule has 2 heterocycles. The van der Waals surface area contributed by atoms with Crippen molar-refractivity contribution in [2.24, 2.45) is 0 Å². The number of ether oxygens (including phenoxy) is 1. The number of carbonyl (C=O) groups is 1. The molecule has 2 aliphatic rings. The Balaban J connectivity index is 1.69. The Morgan fingerprint density at radius 2 is 2.08 bits per heavy atom. The van der Waals surface area contributed by atoms with Crippen molar-refractivity contribution in [3.63, 3.8) is 0 Å². The SMILES string of the molecule is C[C@]1(O)CC2(CCN(C(=O)c3cc(Cl)ccc3F)CC2)OC[C@@H]1O. The topological polar surface area (TPSA) is 70.0 Å². The van der Waals surface area contributed by atoms with Crippen molar-refractivity contribution < 1.29 is 24.1 Å². The van der Waals surface area contributed by atoms with Crippen LogP contribution in [0.5, 0.6) is 0 Å². The standard InChI is InChI=1S/C17H21ClFNO4/c1-16(23)10-17(24-9-14(16)21)4-6-20(7-5-17)15(22)12-8-11(18)2-3-13(12)19/h2-3,8,14,21,23H,4-7,9-10H2,1H3/t14-,16-/m0/s1. The van der Waals surface area contributed by atoms with Crippen LogP contribution in [-0.2, 0) is 4.74 Å². The number of nitrogens with zero attached hydrogens (tertiary/aromatic N) is 1. The monoisotopic (exact) mass is 357 g/mol. The molecule has 2 aliphatic heterocycles. The molecule has 0 bridgehead atoms. The number of hydrogen-bond donors (Lipinski definition) is 2. The highest BCUT2D eigenvalue weighted by Gasteiger charge is 2.49. The molecule has 24 heavy (non-hydrogen) atoms. The lowest BCUT2D eigenvalue weighted by molar-refractivity contribution is -0.221. The summed E-state index contributed by atoms with van der Waals surface area (Å²) < 4.78 is 19.7. The first kappa shape index (κ1) is 17.6. The van der Waals surface area contributed by atoms with Gasteiger partial charge >= 0.3 is 0 Å². The maximum Gasteiger partial charge on any atom is 0.256 e. The molecule has 1 aromatic carbocycles. The lowest BCUT2D eigenvalue weighted by Crippen LogP contribution is -2.59. The Bertz CT molecular complexity index is 643. The molecular formula is C17H21ClFNO4. The molecule has 0 saturated carbocycles. The fraction of sp³-hybridized carbons (Fsp3) is 0.588. The third-order valence-electron chi connectivity index (χ3n) is 5.07. The van der Waals surface area contributed by atoms with E-state index in [1.54, 1.807) is 11.8 Å². The predicted molar refractivity (Wildman–Crippen MR) is 86.5 cm³/mol. The van der Waals surface area contributed by atoms with Crippen LogP contribution in [0.4, 0.5) is 4.39 Å². The molecule has 2 atom stereocenters. The van der Waals surface area contributed by atoms with E-state index in [9.17, 15) is 19.4 Å². The van der Waals surface area contributed by atoms with Crippen molar-refractivity contribution in [3.8, 4) is 0 Å². The Hall–Kier alpha value is -1.21. The van der Waals surface area contributed by atoms with E-state index < -0.39 is 29.0 Å². The van der Waals surface area contributed by atoms with E-state index in [2.05, 4.69) is 0 Å². The van der Waals surface area contributed by atoms with Gasteiger partial charge in [0.2, 0.25) is 0 Å². The number of aliphatic hydroxyl groups excluding tert-OH is 1. The zero-order valence-corrected chi connectivity index (χ0v) is 14.2. The molecule has 132 valence electrons. The number of piperidine rings is 1. The highest BCUT2D eigenvalue weighted by atomic mass is 35.5. The van der Waals surface area contributed by atoms with Crippen LogP contribution >= 0.6 is 11.6 Å². The smallest absolute Gasteiger partial charge is 0.256 e. The minimum absolute atomic E-state index is 0.0366. The number of aliphatic hydroxyl groups is 2. The van der Waals surface area contributed by atoms with E-state index in [4.69, 9.17) is 16.3 Å². The second-order valence-electron chi connectivity index (χ2n) is 6.96. The fourth-order valence-electron chi connectivity index (χ4n) is 3.53. The van der Waals surface area contributed by atoms with Crippen molar-refractivity contribution in [1.82, 2.24) is 4.90 Å². The van der Waals surface area contributed by atoms with Crippen molar-refractivity contribution in [3.05, 3.63) is 34.6 Å². The molecule has 1 spiro atoms. The summed E-state index contributed by atoms with van der Waals surface area (Å²) in [6, 6.07) is 3.92. The number of benzene rings is 1. The van der Waals surface area contributed by atoms with Gasteiger partial charge < -0.3 is 19.8 Å². The number of amides is 1. The van der Waals surface area contributed by atoms with Gasteiger partial charge in [-0.05, 0) is 38.0 Å². The molecule has 5 nitrogen and oxygen atoms in total. The molecule has 2 fully saturated rings. The summed E-state index contributed by atoms with van der Waals surface area (Å²) in [4.78, 5) is 14.1. The number of carbonyl (C=O) groups excluding carboxylic acids is 1. The normalized spacial score (nSPS) is 29.7. The van der Waals surface area contributed by atoms with Gasteiger partial charge in [-0.15, -0.1) is 0 Å². The molecule has 0 aromatic heterocycles. The Morgan fingerprint density at radius 1 is 1.42 bits per heavy atom. The van der Waals surface area contributed by atoms with Crippen LogP contribution < -0.4 is 0 Å². The maximum atomic E-state index is 13.9. The van der Waals surface area contributed by atoms with E-state index in [0.717, 1.165) is 0 Å². The minimum atomic E-state index is -1.20. The number of hydrogen-bond acceptors (Lipinski definition) is 4. The van der Waals surface area contributed by atoms with Crippen LogP contribution in [-0.4, -0.2) is 58.0 Å². The average Bonchev–Trinajstić information content (AvgIpc) is 2.53. The van der Waals surface area contributed by atoms with E-state index in [1.165, 1.54) is 18.2 Å². The van der Waals surface area contributed by atoms with Gasteiger partial charge in [0.15, 0.2) is 0 Å². The molecule has 1 aromatic rings. The second-order valence-corrected chi connectivity index (χ2v) is 7.40. The summed E-state index contributed by atoms with van der Waals surface area (Å²) in [6.45, 7) is 2.47. The van der Waals surface area contributed by atoms with Crippen molar-refractivity contribution in [2.45, 2.75) is 43.5 Å². The van der Waals surface area contributed by atoms with E-state index in [-0.39, 0.29) is 12.2 Å². The number of likely N-dealkylation sites (tertiary alicyclic amines) is 1. The maximum absolute atomic E-state index is 13.9. The Morgan fingerprint density at radius 3 is 2.71 bits per heavy atom. The summed E-state index contributed by atoms with van der Waals surface area (Å²) in [7, 11) is 0. The van der Waals surface area contributed by atoms with Gasteiger partial charge in [0.05, 0.1) is 23.4 Å². The molecule has 2 N–H and O–H groups in total. The summed E-state index contributed by atoms with van der Waals surface area (Å²) in [5.74, 6) is -0.989. The van der Waals surface area contributed by atoms with Crippen LogP contribution in [0.15, 0.2) is 18.2 Å². The van der Waals surface area contributed by atoms with Gasteiger partial charge in [0, 0.05) is 24.5 Å². The molecule has 7 heteroatoms. The predicted octanol–water partition coefficient (Wildman–Crippen LogP) is 1.99. The second kappa shape index (κ2) is 6.26. The molecule has 2 saturated heterocycles. The van der Waals surface area contributed by atoms with Crippen molar-refractivity contribution in [2.75, 3.05) is 19.7 Å². The molecule has 3 rings (SSSR count). The van der Waals surface area contributed by atoms with Crippen LogP contribution in [0.2, 0.25) is 5.02 Å². The van der Waals surface area contributed by atoms with E-state index in [1.807, 2.05) is 0 Å². The Kier molecular flexibility index (Phi) is 4.59. The number of rotatable bonds is 1. The van der Waals surface area contributed by atoms with Crippen molar-refractivity contribution >= 4 is 17.5 Å². The van der Waals surface area contributed by atoms with Gasteiger partial charge in [0.25, 0.3) is 5.91 Å². The molecular weight excluding hydrogens is 337 g/mol. The summed E-state index contributed by atoms with van der Waals surface area (Å²) in [6.07, 6.45) is 0.464. The first-order chi connectivity index (χ1) is 11.2. The van der Waals surface area contributed by atoms with Gasteiger partial charge in [-0.2, -0.15) is 0 Å². The molecule has 0 radical (unpaired) electrons. The van der Waals surface area contributed by atoms with Crippen LogP contribution in [0, 0.1) is 5.82 Å². The molecule has 0 unspecified atom stereocenters. The van der Waals surface area contributed by atoms with Crippen LogP contribution in [0.1, 0.15) is 36.5 Å². The molecule has 0 aliphatic carbocycles. The van der Waals surface area contributed by atoms with Gasteiger partial charge in [-0.3, -0.25) is 4.79 Å². The number of halogens is 2. The summed E-state index contributed by atoms with van der Waals surface area (Å²) in [5, 5.41) is 20.4. The largest absolute Gasteiger partial charge is 0.388 e.